The SMILES string of the molecule is C[C@@H](Nc1ccccn1)C(=O)N[C@H](CS)C(=O)N[C@@H](Cc1ccccc1)C(=O)N[C@@H](Cc1ccccc1)C(=O)N[C@@H](CCCCN)C(=O)O. The smallest absolute Gasteiger partial charge is 0.326 e. The van der Waals surface area contributed by atoms with Crippen LogP contribution in [-0.4, -0.2) is 82.2 Å². The fourth-order valence-electron chi connectivity index (χ4n) is 4.91. The summed E-state index contributed by atoms with van der Waals surface area (Å²) in [5, 5.41) is 23.4. The van der Waals surface area contributed by atoms with Gasteiger partial charge in [0.05, 0.1) is 0 Å². The van der Waals surface area contributed by atoms with Crippen LogP contribution < -0.4 is 32.3 Å². The minimum absolute atomic E-state index is 0.0622. The Morgan fingerprint density at radius 2 is 1.18 bits per heavy atom. The zero-order valence-electron chi connectivity index (χ0n) is 27.4. The van der Waals surface area contributed by atoms with Crippen LogP contribution in [0.3, 0.4) is 0 Å². The van der Waals surface area contributed by atoms with Crippen LogP contribution >= 0.6 is 12.6 Å². The molecular formula is C35H45N7O6S. The highest BCUT2D eigenvalue weighted by atomic mass is 32.1. The van der Waals surface area contributed by atoms with Crippen LogP contribution in [0.2, 0.25) is 0 Å². The lowest BCUT2D eigenvalue weighted by molar-refractivity contribution is -0.142. The molecule has 3 rings (SSSR count). The highest BCUT2D eigenvalue weighted by molar-refractivity contribution is 7.80. The van der Waals surface area contributed by atoms with Crippen molar-refractivity contribution in [1.29, 1.82) is 0 Å². The summed E-state index contributed by atoms with van der Waals surface area (Å²) < 4.78 is 0. The number of carboxylic acid groups (broad SMARTS) is 1. The van der Waals surface area contributed by atoms with Gasteiger partial charge in [-0.25, -0.2) is 9.78 Å². The van der Waals surface area contributed by atoms with E-state index in [0.717, 1.165) is 11.1 Å². The first-order valence-electron chi connectivity index (χ1n) is 16.1. The molecule has 0 unspecified atom stereocenters. The van der Waals surface area contributed by atoms with E-state index in [9.17, 15) is 29.1 Å². The number of rotatable bonds is 20. The van der Waals surface area contributed by atoms with Gasteiger partial charge >= 0.3 is 5.97 Å². The molecule has 0 aliphatic carbocycles. The molecule has 8 N–H and O–H groups in total. The average Bonchev–Trinajstić information content (AvgIpc) is 3.10. The third-order valence-electron chi connectivity index (χ3n) is 7.63. The molecule has 3 aromatic rings. The van der Waals surface area contributed by atoms with Crippen molar-refractivity contribution in [2.24, 2.45) is 5.73 Å². The number of aliphatic carboxylic acids is 1. The van der Waals surface area contributed by atoms with Crippen molar-refractivity contribution < 1.29 is 29.1 Å². The zero-order chi connectivity index (χ0) is 35.6. The molecule has 49 heavy (non-hydrogen) atoms. The minimum Gasteiger partial charge on any atom is -0.480 e. The van der Waals surface area contributed by atoms with Crippen LogP contribution in [0, 0.1) is 0 Å². The summed E-state index contributed by atoms with van der Waals surface area (Å²) in [6.07, 6.45) is 2.98. The highest BCUT2D eigenvalue weighted by Crippen LogP contribution is 2.10. The number of pyridine rings is 1. The van der Waals surface area contributed by atoms with E-state index in [-0.39, 0.29) is 25.0 Å². The molecule has 0 aliphatic rings. The van der Waals surface area contributed by atoms with Crippen molar-refractivity contribution in [2.45, 2.75) is 69.2 Å². The van der Waals surface area contributed by atoms with Crippen LogP contribution in [0.1, 0.15) is 37.3 Å². The number of anilines is 1. The molecule has 0 aliphatic heterocycles. The van der Waals surface area contributed by atoms with Crippen LogP contribution in [0.15, 0.2) is 85.1 Å². The van der Waals surface area contributed by atoms with Gasteiger partial charge in [-0.3, -0.25) is 19.2 Å². The summed E-state index contributed by atoms with van der Waals surface area (Å²) in [5.74, 6) is -3.27. The summed E-state index contributed by atoms with van der Waals surface area (Å²) in [7, 11) is 0. The molecule has 4 amide bonds. The van der Waals surface area contributed by atoms with Gasteiger partial charge in [-0.2, -0.15) is 12.6 Å². The number of unbranched alkanes of at least 4 members (excludes halogenated alkanes) is 1. The van der Waals surface area contributed by atoms with Crippen molar-refractivity contribution in [2.75, 3.05) is 17.6 Å². The van der Waals surface area contributed by atoms with Gasteiger partial charge in [0.25, 0.3) is 0 Å². The van der Waals surface area contributed by atoms with Crippen molar-refractivity contribution >= 4 is 48.0 Å². The molecule has 1 aromatic heterocycles. The Morgan fingerprint density at radius 3 is 1.65 bits per heavy atom. The normalized spacial score (nSPS) is 13.9. The van der Waals surface area contributed by atoms with E-state index in [0.29, 0.717) is 25.2 Å². The van der Waals surface area contributed by atoms with Crippen LogP contribution in [0.4, 0.5) is 5.82 Å². The standard InChI is InChI=1S/C35H45N7O6S/c1-23(38-30-17-9-11-19-37-30)31(43)42-29(22-49)34(46)41-28(21-25-14-6-3-7-15-25)33(45)40-27(20-24-12-4-2-5-13-24)32(44)39-26(35(47)48)16-8-10-18-36/h2-7,9,11-15,17,19,23,26-29,49H,8,10,16,18,20-22,36H2,1H3,(H,37,38)(H,39,44)(H,40,45)(H,41,46)(H,42,43)(H,47,48)/t23-,26+,27+,28+,29-/m1/s1. The predicted octanol–water partition coefficient (Wildman–Crippen LogP) is 1.45. The largest absolute Gasteiger partial charge is 0.480 e. The lowest BCUT2D eigenvalue weighted by atomic mass is 10.0. The van der Waals surface area contributed by atoms with E-state index < -0.39 is 59.8 Å². The van der Waals surface area contributed by atoms with Gasteiger partial charge < -0.3 is 37.4 Å². The van der Waals surface area contributed by atoms with E-state index in [1.165, 1.54) is 0 Å². The summed E-state index contributed by atoms with van der Waals surface area (Å²) in [4.78, 5) is 70.0. The molecular weight excluding hydrogens is 646 g/mol. The van der Waals surface area contributed by atoms with Crippen molar-refractivity contribution in [3.8, 4) is 0 Å². The number of carboxylic acids is 1. The molecule has 0 fully saturated rings. The Hall–Kier alpha value is -4.95. The van der Waals surface area contributed by atoms with E-state index in [4.69, 9.17) is 5.73 Å². The highest BCUT2D eigenvalue weighted by Gasteiger charge is 2.32. The third kappa shape index (κ3) is 13.2. The molecule has 0 radical (unpaired) electrons. The summed E-state index contributed by atoms with van der Waals surface area (Å²) in [5.41, 5.74) is 7.01. The number of amides is 4. The van der Waals surface area contributed by atoms with E-state index >= 15 is 0 Å². The fourth-order valence-corrected chi connectivity index (χ4v) is 5.17. The molecule has 0 saturated carbocycles. The molecule has 2 aromatic carbocycles. The number of nitrogens with zero attached hydrogens (tertiary/aromatic N) is 1. The second-order valence-corrected chi connectivity index (χ2v) is 11.9. The van der Waals surface area contributed by atoms with Gasteiger partial charge in [-0.05, 0) is 56.0 Å². The van der Waals surface area contributed by atoms with Gasteiger partial charge in [0, 0.05) is 24.8 Å². The van der Waals surface area contributed by atoms with Crippen molar-refractivity contribution in [1.82, 2.24) is 26.3 Å². The number of nitrogens with one attached hydrogen (secondary N) is 5. The Kier molecular flexibility index (Phi) is 16.0. The summed E-state index contributed by atoms with van der Waals surface area (Å²) in [6.45, 7) is 2.01. The van der Waals surface area contributed by atoms with Crippen molar-refractivity contribution in [3.63, 3.8) is 0 Å². The minimum atomic E-state index is -1.20. The monoisotopic (exact) mass is 691 g/mol. The maximum absolute atomic E-state index is 13.9. The van der Waals surface area contributed by atoms with Gasteiger partial charge in [-0.1, -0.05) is 66.7 Å². The maximum Gasteiger partial charge on any atom is 0.326 e. The maximum atomic E-state index is 13.9. The van der Waals surface area contributed by atoms with Crippen LogP contribution in [0.25, 0.3) is 0 Å². The topological polar surface area (TPSA) is 205 Å². The number of nitrogens with two attached hydrogens (primary N) is 1. The number of carbonyl (C=O) groups excluding carboxylic acids is 4. The second-order valence-electron chi connectivity index (χ2n) is 11.5. The Bertz CT molecular complexity index is 1500. The molecule has 0 spiro atoms. The quantitative estimate of drug-likeness (QED) is 0.0637. The number of hydrogen-bond acceptors (Lipinski definition) is 9. The molecule has 14 heteroatoms. The van der Waals surface area contributed by atoms with Gasteiger partial charge in [0.1, 0.15) is 36.0 Å². The Morgan fingerprint density at radius 1 is 0.694 bits per heavy atom. The first kappa shape index (κ1) is 38.5. The first-order chi connectivity index (χ1) is 23.6. The molecule has 0 saturated heterocycles. The number of carbonyl (C=O) groups is 5. The molecule has 0 bridgehead atoms. The van der Waals surface area contributed by atoms with E-state index in [1.54, 1.807) is 79.9 Å². The van der Waals surface area contributed by atoms with Crippen molar-refractivity contribution in [3.05, 3.63) is 96.2 Å². The van der Waals surface area contributed by atoms with Crippen LogP contribution in [-0.2, 0) is 36.8 Å². The zero-order valence-corrected chi connectivity index (χ0v) is 28.3. The average molecular weight is 692 g/mol. The summed E-state index contributed by atoms with van der Waals surface area (Å²) >= 11 is 4.27. The second kappa shape index (κ2) is 20.4. The van der Waals surface area contributed by atoms with Gasteiger partial charge in [0.2, 0.25) is 23.6 Å². The van der Waals surface area contributed by atoms with Gasteiger partial charge in [0.15, 0.2) is 0 Å². The lowest BCUT2D eigenvalue weighted by Gasteiger charge is -2.26. The Balaban J connectivity index is 1.79. The van der Waals surface area contributed by atoms with Gasteiger partial charge in [-0.15, -0.1) is 0 Å². The number of aromatic nitrogens is 1. The lowest BCUT2D eigenvalue weighted by Crippen LogP contribution is -2.59. The number of thiol groups is 1. The third-order valence-corrected chi connectivity index (χ3v) is 8.00. The fraction of sp³-hybridized carbons (Fsp3) is 0.371. The van der Waals surface area contributed by atoms with E-state index in [2.05, 4.69) is 44.2 Å². The Labute approximate surface area is 291 Å². The molecule has 5 atom stereocenters. The van der Waals surface area contributed by atoms with E-state index in [1.807, 2.05) is 12.1 Å². The number of benzene rings is 2. The first-order valence-corrected chi connectivity index (χ1v) is 16.7. The molecule has 262 valence electrons. The molecule has 1 heterocycles. The number of hydrogen-bond donors (Lipinski definition) is 8. The van der Waals surface area contributed by atoms with Crippen LogP contribution in [0.5, 0.6) is 0 Å². The molecule has 13 nitrogen and oxygen atoms in total. The summed E-state index contributed by atoms with van der Waals surface area (Å²) in [6, 6.07) is 17.8. The predicted molar refractivity (Wildman–Crippen MR) is 190 cm³/mol.